The third kappa shape index (κ3) is 5.51. The molecule has 0 bridgehead atoms. The van der Waals surface area contributed by atoms with Crippen LogP contribution in [0.15, 0.2) is 29.4 Å². The van der Waals surface area contributed by atoms with E-state index in [1.807, 2.05) is 28.8 Å². The molecule has 6 heteroatoms. The number of hydrogen-bond acceptors (Lipinski definition) is 3. The molecule has 0 aliphatic rings. The molecular formula is C18H30N6. The van der Waals surface area contributed by atoms with E-state index in [1.54, 1.807) is 7.05 Å². The quantitative estimate of drug-likeness (QED) is 0.631. The third-order valence-electron chi connectivity index (χ3n) is 3.96. The fourth-order valence-corrected chi connectivity index (χ4v) is 2.50. The first-order chi connectivity index (χ1) is 11.4. The van der Waals surface area contributed by atoms with Crippen LogP contribution in [-0.4, -0.2) is 40.2 Å². The highest BCUT2D eigenvalue weighted by Gasteiger charge is 2.13. The van der Waals surface area contributed by atoms with E-state index in [0.29, 0.717) is 11.5 Å². The molecule has 0 radical (unpaired) electrons. The van der Waals surface area contributed by atoms with Gasteiger partial charge in [0.1, 0.15) is 5.82 Å². The third-order valence-corrected chi connectivity index (χ3v) is 3.96. The van der Waals surface area contributed by atoms with Crippen molar-refractivity contribution in [2.24, 2.45) is 10.4 Å². The maximum absolute atomic E-state index is 4.31. The second kappa shape index (κ2) is 8.13. The van der Waals surface area contributed by atoms with E-state index in [2.05, 4.69) is 53.5 Å². The first-order valence-corrected chi connectivity index (χ1v) is 8.65. The van der Waals surface area contributed by atoms with Crippen LogP contribution in [0.4, 0.5) is 0 Å². The minimum atomic E-state index is 0.363. The Bertz CT molecular complexity index is 667. The van der Waals surface area contributed by atoms with Gasteiger partial charge in [-0.25, -0.2) is 0 Å². The van der Waals surface area contributed by atoms with Crippen molar-refractivity contribution in [2.45, 2.75) is 53.0 Å². The van der Waals surface area contributed by atoms with Gasteiger partial charge < -0.3 is 10.6 Å². The summed E-state index contributed by atoms with van der Waals surface area (Å²) in [7, 11) is 1.80. The van der Waals surface area contributed by atoms with Crippen LogP contribution < -0.4 is 10.6 Å². The molecular weight excluding hydrogens is 300 g/mol. The summed E-state index contributed by atoms with van der Waals surface area (Å²) < 4.78 is 2.02. The van der Waals surface area contributed by atoms with Gasteiger partial charge in [-0.05, 0) is 37.3 Å². The molecule has 24 heavy (non-hydrogen) atoms. The SMILES string of the molecule is CN=C(NCCc1nnc2ccccn12)NC(C)CCC(C)(C)C. The fraction of sp³-hybridized carbons (Fsp3) is 0.611. The lowest BCUT2D eigenvalue weighted by atomic mass is 9.89. The largest absolute Gasteiger partial charge is 0.356 e. The lowest BCUT2D eigenvalue weighted by Gasteiger charge is -2.23. The minimum Gasteiger partial charge on any atom is -0.356 e. The van der Waals surface area contributed by atoms with Gasteiger partial charge in [0.15, 0.2) is 11.6 Å². The summed E-state index contributed by atoms with van der Waals surface area (Å²) >= 11 is 0. The van der Waals surface area contributed by atoms with Crippen LogP contribution in [0.1, 0.15) is 46.4 Å². The molecule has 0 saturated heterocycles. The van der Waals surface area contributed by atoms with Gasteiger partial charge in [-0.15, -0.1) is 10.2 Å². The monoisotopic (exact) mass is 330 g/mol. The summed E-state index contributed by atoms with van der Waals surface area (Å²) in [5, 5.41) is 15.2. The highest BCUT2D eigenvalue weighted by molar-refractivity contribution is 5.79. The van der Waals surface area contributed by atoms with Crippen molar-refractivity contribution in [3.05, 3.63) is 30.2 Å². The number of nitrogens with zero attached hydrogens (tertiary/aromatic N) is 4. The molecule has 0 amide bonds. The average Bonchev–Trinajstić information content (AvgIpc) is 2.95. The summed E-state index contributed by atoms with van der Waals surface area (Å²) in [4.78, 5) is 4.31. The summed E-state index contributed by atoms with van der Waals surface area (Å²) in [6.45, 7) is 9.78. The normalized spacial score (nSPS) is 14.0. The van der Waals surface area contributed by atoms with Crippen LogP contribution in [0.3, 0.4) is 0 Å². The zero-order valence-electron chi connectivity index (χ0n) is 15.5. The van der Waals surface area contributed by atoms with Gasteiger partial charge in [0, 0.05) is 32.3 Å². The van der Waals surface area contributed by atoms with E-state index < -0.39 is 0 Å². The Balaban J connectivity index is 1.79. The first kappa shape index (κ1) is 18.2. The fourth-order valence-electron chi connectivity index (χ4n) is 2.50. The number of aromatic nitrogens is 3. The molecule has 2 N–H and O–H groups in total. The molecule has 0 aliphatic heterocycles. The zero-order valence-corrected chi connectivity index (χ0v) is 15.5. The Kier molecular flexibility index (Phi) is 6.17. The summed E-state index contributed by atoms with van der Waals surface area (Å²) in [6, 6.07) is 6.31. The second-order valence-corrected chi connectivity index (χ2v) is 7.44. The second-order valence-electron chi connectivity index (χ2n) is 7.44. The van der Waals surface area contributed by atoms with Gasteiger partial charge in [-0.1, -0.05) is 26.8 Å². The number of hydrogen-bond donors (Lipinski definition) is 2. The highest BCUT2D eigenvalue weighted by Crippen LogP contribution is 2.21. The van der Waals surface area contributed by atoms with Crippen LogP contribution in [0, 0.1) is 5.41 Å². The maximum Gasteiger partial charge on any atom is 0.191 e. The standard InChI is InChI=1S/C18H30N6/c1-14(9-11-18(2,3)4)21-17(19-5)20-12-10-16-23-22-15-8-6-7-13-24(15)16/h6-8,13-14H,9-12H2,1-5H3,(H2,19,20,21). The van der Waals surface area contributed by atoms with E-state index >= 15 is 0 Å². The van der Waals surface area contributed by atoms with Crippen LogP contribution in [0.25, 0.3) is 5.65 Å². The molecule has 0 saturated carbocycles. The molecule has 1 atom stereocenters. The molecule has 2 heterocycles. The molecule has 0 aromatic carbocycles. The highest BCUT2D eigenvalue weighted by atomic mass is 15.2. The zero-order chi connectivity index (χ0) is 17.6. The van der Waals surface area contributed by atoms with Gasteiger partial charge in [0.05, 0.1) is 0 Å². The first-order valence-electron chi connectivity index (χ1n) is 8.65. The number of rotatable bonds is 6. The molecule has 2 rings (SSSR count). The number of pyridine rings is 1. The number of guanidine groups is 1. The van der Waals surface area contributed by atoms with E-state index in [1.165, 1.54) is 6.42 Å². The van der Waals surface area contributed by atoms with Crippen molar-refractivity contribution in [3.8, 4) is 0 Å². The lowest BCUT2D eigenvalue weighted by Crippen LogP contribution is -2.43. The summed E-state index contributed by atoms with van der Waals surface area (Å²) in [5.41, 5.74) is 1.24. The number of nitrogens with one attached hydrogen (secondary N) is 2. The van der Waals surface area contributed by atoms with Gasteiger partial charge in [0.2, 0.25) is 0 Å². The van der Waals surface area contributed by atoms with Crippen molar-refractivity contribution < 1.29 is 0 Å². The van der Waals surface area contributed by atoms with Crippen LogP contribution in [-0.2, 0) is 6.42 Å². The smallest absolute Gasteiger partial charge is 0.191 e. The van der Waals surface area contributed by atoms with Crippen LogP contribution in [0.2, 0.25) is 0 Å². The van der Waals surface area contributed by atoms with Crippen molar-refractivity contribution in [3.63, 3.8) is 0 Å². The van der Waals surface area contributed by atoms with Crippen LogP contribution in [0.5, 0.6) is 0 Å². The Morgan fingerprint density at radius 2 is 2.08 bits per heavy atom. The summed E-state index contributed by atoms with van der Waals surface area (Å²) in [6.07, 6.45) is 5.09. The Morgan fingerprint density at radius 1 is 1.29 bits per heavy atom. The van der Waals surface area contributed by atoms with Gasteiger partial charge in [-0.3, -0.25) is 9.39 Å². The van der Waals surface area contributed by atoms with Gasteiger partial charge >= 0.3 is 0 Å². The predicted molar refractivity (Wildman–Crippen MR) is 99.3 cm³/mol. The van der Waals surface area contributed by atoms with Crippen molar-refractivity contribution in [1.82, 2.24) is 25.2 Å². The van der Waals surface area contributed by atoms with Gasteiger partial charge in [0.25, 0.3) is 0 Å². The molecule has 2 aromatic rings. The predicted octanol–water partition coefficient (Wildman–Crippen LogP) is 2.65. The average molecular weight is 330 g/mol. The van der Waals surface area contributed by atoms with E-state index in [-0.39, 0.29) is 0 Å². The molecule has 1 unspecified atom stereocenters. The molecule has 0 spiro atoms. The Morgan fingerprint density at radius 3 is 2.79 bits per heavy atom. The van der Waals surface area contributed by atoms with Crippen molar-refractivity contribution in [2.75, 3.05) is 13.6 Å². The lowest BCUT2D eigenvalue weighted by molar-refractivity contribution is 0.346. The molecule has 0 aliphatic carbocycles. The molecule has 6 nitrogen and oxygen atoms in total. The van der Waals surface area contributed by atoms with E-state index in [0.717, 1.165) is 36.8 Å². The van der Waals surface area contributed by atoms with E-state index in [4.69, 9.17) is 0 Å². The van der Waals surface area contributed by atoms with Crippen molar-refractivity contribution in [1.29, 1.82) is 0 Å². The minimum absolute atomic E-state index is 0.363. The summed E-state index contributed by atoms with van der Waals surface area (Å²) in [5.74, 6) is 1.79. The molecule has 132 valence electrons. The topological polar surface area (TPSA) is 66.6 Å². The van der Waals surface area contributed by atoms with Crippen molar-refractivity contribution >= 4 is 11.6 Å². The van der Waals surface area contributed by atoms with E-state index in [9.17, 15) is 0 Å². The Hall–Kier alpha value is -2.11. The Labute approximate surface area is 144 Å². The molecule has 2 aromatic heterocycles. The maximum atomic E-state index is 4.31. The van der Waals surface area contributed by atoms with Crippen LogP contribution >= 0.6 is 0 Å². The molecule has 0 fully saturated rings. The number of fused-ring (bicyclic) bond motifs is 1. The number of aliphatic imine (C=N–C) groups is 1. The van der Waals surface area contributed by atoms with Gasteiger partial charge in [-0.2, -0.15) is 0 Å².